The average Bonchev–Trinajstić information content (AvgIpc) is 3.34. The van der Waals surface area contributed by atoms with Gasteiger partial charge >= 0.3 is 11.8 Å². The molecule has 208 valence electrons. The van der Waals surface area contributed by atoms with Crippen molar-refractivity contribution >= 4 is 34.2 Å². The van der Waals surface area contributed by atoms with Crippen molar-refractivity contribution in [3.63, 3.8) is 0 Å². The minimum Gasteiger partial charge on any atom is -0.383 e. The molecule has 3 aromatic rings. The normalized spacial score (nSPS) is 23.6. The second-order valence-electron chi connectivity index (χ2n) is 12.0. The van der Waals surface area contributed by atoms with Crippen LogP contribution in [0.5, 0.6) is 0 Å². The summed E-state index contributed by atoms with van der Waals surface area (Å²) in [4.78, 5) is 34.8. The van der Waals surface area contributed by atoms with E-state index < -0.39 is 11.8 Å². The number of anilines is 2. The molecular formula is C30H41N7O2. The van der Waals surface area contributed by atoms with Crippen LogP contribution in [0, 0.1) is 5.92 Å². The SMILES string of the molecule is CCc1cc(NC(=O)C(=O)N2C[C@@H](C)CC[C@@H]2c2ccc3cn(C4CCN(C)C(C)(C)C4)nc3c2)cnc1N. The largest absolute Gasteiger partial charge is 0.383 e. The lowest BCUT2D eigenvalue weighted by molar-refractivity contribution is -0.146. The van der Waals surface area contributed by atoms with E-state index in [9.17, 15) is 9.59 Å². The van der Waals surface area contributed by atoms with E-state index in [-0.39, 0.29) is 11.6 Å². The highest BCUT2D eigenvalue weighted by Crippen LogP contribution is 2.36. The lowest BCUT2D eigenvalue weighted by atomic mass is 9.87. The van der Waals surface area contributed by atoms with Crippen LogP contribution in [0.4, 0.5) is 11.5 Å². The predicted molar refractivity (Wildman–Crippen MR) is 154 cm³/mol. The molecule has 4 heterocycles. The van der Waals surface area contributed by atoms with E-state index >= 15 is 0 Å². The first-order valence-corrected chi connectivity index (χ1v) is 14.1. The molecule has 9 heteroatoms. The fourth-order valence-electron chi connectivity index (χ4n) is 6.06. The third-order valence-electron chi connectivity index (χ3n) is 8.79. The van der Waals surface area contributed by atoms with E-state index in [4.69, 9.17) is 10.8 Å². The summed E-state index contributed by atoms with van der Waals surface area (Å²) in [5.74, 6) is -0.429. The number of fused-ring (bicyclic) bond motifs is 1. The van der Waals surface area contributed by atoms with Gasteiger partial charge in [-0.15, -0.1) is 0 Å². The number of aromatic nitrogens is 3. The fraction of sp³-hybridized carbons (Fsp3) is 0.533. The van der Waals surface area contributed by atoms with Crippen molar-refractivity contribution in [2.75, 3.05) is 31.2 Å². The third-order valence-corrected chi connectivity index (χ3v) is 8.79. The Hall–Kier alpha value is -3.46. The second-order valence-corrected chi connectivity index (χ2v) is 12.0. The van der Waals surface area contributed by atoms with Crippen molar-refractivity contribution in [1.82, 2.24) is 24.6 Å². The van der Waals surface area contributed by atoms with Crippen LogP contribution >= 0.6 is 0 Å². The van der Waals surface area contributed by atoms with Crippen molar-refractivity contribution in [2.45, 2.75) is 77.4 Å². The molecule has 2 aliphatic heterocycles. The summed E-state index contributed by atoms with van der Waals surface area (Å²) in [5.41, 5.74) is 9.29. The Morgan fingerprint density at radius 3 is 2.72 bits per heavy atom. The van der Waals surface area contributed by atoms with E-state index in [0.29, 0.717) is 36.4 Å². The van der Waals surface area contributed by atoms with Crippen LogP contribution in [0.15, 0.2) is 36.7 Å². The zero-order valence-electron chi connectivity index (χ0n) is 23.8. The molecule has 2 amide bonds. The van der Waals surface area contributed by atoms with Crippen LogP contribution in [0.3, 0.4) is 0 Å². The number of nitrogen functional groups attached to an aromatic ring is 1. The Morgan fingerprint density at radius 1 is 1.18 bits per heavy atom. The molecule has 1 aromatic carbocycles. The predicted octanol–water partition coefficient (Wildman–Crippen LogP) is 4.56. The van der Waals surface area contributed by atoms with Crippen LogP contribution < -0.4 is 11.1 Å². The summed E-state index contributed by atoms with van der Waals surface area (Å²) in [6.45, 7) is 10.3. The summed E-state index contributed by atoms with van der Waals surface area (Å²) in [7, 11) is 2.19. The molecule has 1 unspecified atom stereocenters. The van der Waals surface area contributed by atoms with E-state index in [2.05, 4.69) is 72.1 Å². The van der Waals surface area contributed by atoms with Gasteiger partial charge in [0.1, 0.15) is 5.82 Å². The number of carbonyl (C=O) groups is 2. The van der Waals surface area contributed by atoms with E-state index in [1.165, 1.54) is 6.20 Å². The highest BCUT2D eigenvalue weighted by Gasteiger charge is 2.35. The summed E-state index contributed by atoms with van der Waals surface area (Å²) in [5, 5.41) is 8.81. The van der Waals surface area contributed by atoms with Gasteiger partial charge in [-0.1, -0.05) is 26.0 Å². The van der Waals surface area contributed by atoms with E-state index in [1.54, 1.807) is 11.0 Å². The molecule has 2 fully saturated rings. The summed E-state index contributed by atoms with van der Waals surface area (Å²) >= 11 is 0. The summed E-state index contributed by atoms with van der Waals surface area (Å²) in [6, 6.07) is 8.25. The van der Waals surface area contributed by atoms with Gasteiger partial charge in [0.15, 0.2) is 0 Å². The number of nitrogens with one attached hydrogen (secondary N) is 1. The molecule has 2 saturated heterocycles. The zero-order valence-corrected chi connectivity index (χ0v) is 23.8. The van der Waals surface area contributed by atoms with Crippen molar-refractivity contribution in [1.29, 1.82) is 0 Å². The zero-order chi connectivity index (χ0) is 27.9. The number of pyridine rings is 1. The lowest BCUT2D eigenvalue weighted by Gasteiger charge is -2.43. The standard InChI is InChI=1S/C30H41N7O2/c1-6-20-13-23(16-32-27(20)31)33-28(38)29(39)36-17-19(2)7-10-26(36)21-8-9-22-18-37(34-25(22)14-21)24-11-12-35(5)30(3,4)15-24/h8-9,13-14,16,18-19,24,26H,6-7,10-12,15,17H2,1-5H3,(H2,31,32)(H,33,38)/t19-,24?,26+/m0/s1. The monoisotopic (exact) mass is 531 g/mol. The van der Waals surface area contributed by atoms with Crippen LogP contribution in [0.2, 0.25) is 0 Å². The van der Waals surface area contributed by atoms with Crippen LogP contribution in [0.25, 0.3) is 10.9 Å². The Bertz CT molecular complexity index is 1380. The van der Waals surface area contributed by atoms with Gasteiger partial charge in [-0.05, 0) is 82.2 Å². The maximum absolute atomic E-state index is 13.5. The van der Waals surface area contributed by atoms with Gasteiger partial charge in [0.2, 0.25) is 0 Å². The van der Waals surface area contributed by atoms with Crippen LogP contribution in [-0.4, -0.2) is 62.1 Å². The first-order chi connectivity index (χ1) is 18.6. The van der Waals surface area contributed by atoms with Gasteiger partial charge in [0.25, 0.3) is 0 Å². The topological polar surface area (TPSA) is 109 Å². The number of hydrogen-bond acceptors (Lipinski definition) is 6. The molecule has 3 N–H and O–H groups in total. The first-order valence-electron chi connectivity index (χ1n) is 14.1. The Balaban J connectivity index is 1.36. The number of amides is 2. The number of nitrogens with two attached hydrogens (primary N) is 1. The van der Waals surface area contributed by atoms with Gasteiger partial charge in [-0.2, -0.15) is 5.10 Å². The molecule has 2 aromatic heterocycles. The smallest absolute Gasteiger partial charge is 0.313 e. The summed E-state index contributed by atoms with van der Waals surface area (Å²) < 4.78 is 2.13. The number of aryl methyl sites for hydroxylation is 1. The van der Waals surface area contributed by atoms with Crippen molar-refractivity contribution in [2.24, 2.45) is 5.92 Å². The van der Waals surface area contributed by atoms with Gasteiger partial charge in [-0.3, -0.25) is 14.3 Å². The van der Waals surface area contributed by atoms with E-state index in [0.717, 1.165) is 54.3 Å². The number of likely N-dealkylation sites (tertiary alicyclic amines) is 2. The molecule has 9 nitrogen and oxygen atoms in total. The Kier molecular flexibility index (Phi) is 7.37. The van der Waals surface area contributed by atoms with E-state index in [1.807, 2.05) is 6.92 Å². The fourth-order valence-corrected chi connectivity index (χ4v) is 6.06. The third kappa shape index (κ3) is 5.50. The van der Waals surface area contributed by atoms with Gasteiger partial charge < -0.3 is 20.9 Å². The Morgan fingerprint density at radius 2 is 1.97 bits per heavy atom. The molecule has 0 saturated carbocycles. The van der Waals surface area contributed by atoms with Gasteiger partial charge in [0.05, 0.1) is 29.5 Å². The molecule has 0 bridgehead atoms. The van der Waals surface area contributed by atoms with Gasteiger partial charge in [-0.25, -0.2) is 4.98 Å². The molecule has 3 atom stereocenters. The number of hydrogen-bond donors (Lipinski definition) is 2. The van der Waals surface area contributed by atoms with Crippen LogP contribution in [0.1, 0.15) is 76.6 Å². The maximum atomic E-state index is 13.5. The molecule has 5 rings (SSSR count). The quantitative estimate of drug-likeness (QED) is 0.478. The van der Waals surface area contributed by atoms with Crippen molar-refractivity contribution in [3.8, 4) is 0 Å². The number of nitrogens with zero attached hydrogens (tertiary/aromatic N) is 5. The minimum atomic E-state index is -0.655. The van der Waals surface area contributed by atoms with Gasteiger partial charge in [0, 0.05) is 30.2 Å². The minimum absolute atomic E-state index is 0.132. The number of rotatable bonds is 4. The molecule has 39 heavy (non-hydrogen) atoms. The summed E-state index contributed by atoms with van der Waals surface area (Å²) in [6.07, 6.45) is 8.25. The molecule has 2 aliphatic rings. The highest BCUT2D eigenvalue weighted by molar-refractivity contribution is 6.39. The van der Waals surface area contributed by atoms with Crippen molar-refractivity contribution < 1.29 is 9.59 Å². The second kappa shape index (κ2) is 10.6. The molecule has 0 radical (unpaired) electrons. The highest BCUT2D eigenvalue weighted by atomic mass is 16.2. The number of piperidine rings is 2. The lowest BCUT2D eigenvalue weighted by Crippen LogP contribution is -2.47. The Labute approximate surface area is 230 Å². The van der Waals surface area contributed by atoms with Crippen molar-refractivity contribution in [3.05, 3.63) is 47.8 Å². The molecule has 0 aliphatic carbocycles. The first kappa shape index (κ1) is 27.1. The molecular weight excluding hydrogens is 490 g/mol. The number of carbonyl (C=O) groups excluding carboxylic acids is 2. The molecule has 0 spiro atoms. The van der Waals surface area contributed by atoms with Crippen LogP contribution in [-0.2, 0) is 16.0 Å². The average molecular weight is 532 g/mol. The maximum Gasteiger partial charge on any atom is 0.313 e. The number of benzene rings is 1.